The van der Waals surface area contributed by atoms with Crippen LogP contribution in [0.2, 0.25) is 0 Å². The molecule has 3 heterocycles. The van der Waals surface area contributed by atoms with Crippen molar-refractivity contribution in [3.63, 3.8) is 0 Å². The normalized spacial score (nSPS) is 18.2. The number of piperazine rings is 1. The Kier molecular flexibility index (Phi) is 4.79. The van der Waals surface area contributed by atoms with Crippen LogP contribution in [0.15, 0.2) is 49.1 Å². The fourth-order valence-electron chi connectivity index (χ4n) is 3.87. The molecule has 1 aliphatic heterocycles. The van der Waals surface area contributed by atoms with Crippen molar-refractivity contribution in [1.29, 1.82) is 0 Å². The Hall–Kier alpha value is -2.73. The maximum absolute atomic E-state index is 6.11. The highest BCUT2D eigenvalue weighted by Gasteiger charge is 2.22. The fraction of sp³-hybridized carbons (Fsp3) is 0.409. The molecule has 0 unspecified atom stereocenters. The molecule has 2 fully saturated rings. The Morgan fingerprint density at radius 3 is 2.68 bits per heavy atom. The predicted molar refractivity (Wildman–Crippen MR) is 110 cm³/mol. The van der Waals surface area contributed by atoms with Crippen LogP contribution in [0.5, 0.6) is 5.88 Å². The second-order valence-electron chi connectivity index (χ2n) is 7.68. The van der Waals surface area contributed by atoms with Crippen molar-refractivity contribution in [2.45, 2.75) is 31.9 Å². The van der Waals surface area contributed by atoms with Gasteiger partial charge >= 0.3 is 0 Å². The van der Waals surface area contributed by atoms with Gasteiger partial charge in [-0.25, -0.2) is 9.97 Å². The molecule has 5 rings (SSSR count). The van der Waals surface area contributed by atoms with Gasteiger partial charge < -0.3 is 9.64 Å². The first-order valence-corrected chi connectivity index (χ1v) is 10.1. The quantitative estimate of drug-likeness (QED) is 0.682. The molecule has 2 aromatic heterocycles. The number of fused-ring (bicyclic) bond motifs is 1. The number of benzene rings is 1. The fourth-order valence-corrected chi connectivity index (χ4v) is 3.87. The summed E-state index contributed by atoms with van der Waals surface area (Å²) in [6, 6.07) is 10.6. The molecule has 0 N–H and O–H groups in total. The second kappa shape index (κ2) is 7.72. The minimum Gasteiger partial charge on any atom is -0.474 e. The molecule has 1 aliphatic carbocycles. The van der Waals surface area contributed by atoms with Gasteiger partial charge in [0.05, 0.1) is 10.9 Å². The zero-order valence-corrected chi connectivity index (χ0v) is 16.0. The van der Waals surface area contributed by atoms with Crippen molar-refractivity contribution in [1.82, 2.24) is 19.9 Å². The lowest BCUT2D eigenvalue weighted by atomic mass is 9.96. The SMILES string of the molecule is c1cncc(CN2CCN(c3ccc4ncnc(OC5CCC5)c4c3)CC2)c1. The zero-order chi connectivity index (χ0) is 18.8. The van der Waals surface area contributed by atoms with E-state index in [1.807, 2.05) is 18.5 Å². The molecule has 0 amide bonds. The topological polar surface area (TPSA) is 54.4 Å². The van der Waals surface area contributed by atoms with Gasteiger partial charge in [0.1, 0.15) is 12.4 Å². The lowest BCUT2D eigenvalue weighted by Gasteiger charge is -2.36. The summed E-state index contributed by atoms with van der Waals surface area (Å²) in [4.78, 5) is 18.0. The first-order chi connectivity index (χ1) is 13.8. The number of pyridine rings is 1. The van der Waals surface area contributed by atoms with Gasteiger partial charge in [0.25, 0.3) is 0 Å². The molecule has 0 spiro atoms. The summed E-state index contributed by atoms with van der Waals surface area (Å²) in [7, 11) is 0. The van der Waals surface area contributed by atoms with Crippen LogP contribution in [0.25, 0.3) is 10.9 Å². The van der Waals surface area contributed by atoms with Crippen LogP contribution in [-0.4, -0.2) is 52.1 Å². The van der Waals surface area contributed by atoms with E-state index in [-0.39, 0.29) is 0 Å². The standard InChI is InChI=1S/C22H25N5O/c1-4-19(5-1)28-22-20-13-18(6-7-21(20)24-16-25-22)27-11-9-26(10-12-27)15-17-3-2-8-23-14-17/h2-3,6-8,13-14,16,19H,1,4-5,9-12,15H2. The van der Waals surface area contributed by atoms with E-state index in [0.29, 0.717) is 6.10 Å². The van der Waals surface area contributed by atoms with E-state index in [9.17, 15) is 0 Å². The van der Waals surface area contributed by atoms with Gasteiger partial charge in [0, 0.05) is 50.8 Å². The summed E-state index contributed by atoms with van der Waals surface area (Å²) in [6.07, 6.45) is 9.22. The van der Waals surface area contributed by atoms with Gasteiger partial charge in [-0.1, -0.05) is 6.07 Å². The molecule has 6 heteroatoms. The molecule has 28 heavy (non-hydrogen) atoms. The minimum absolute atomic E-state index is 0.317. The Balaban J connectivity index is 1.29. The second-order valence-corrected chi connectivity index (χ2v) is 7.68. The van der Waals surface area contributed by atoms with E-state index in [1.165, 1.54) is 17.7 Å². The van der Waals surface area contributed by atoms with Crippen LogP contribution in [0.3, 0.4) is 0 Å². The number of rotatable bonds is 5. The van der Waals surface area contributed by atoms with Crippen molar-refractivity contribution < 1.29 is 4.74 Å². The average Bonchev–Trinajstić information content (AvgIpc) is 2.72. The van der Waals surface area contributed by atoms with Crippen LogP contribution < -0.4 is 9.64 Å². The third-order valence-corrected chi connectivity index (χ3v) is 5.78. The summed E-state index contributed by atoms with van der Waals surface area (Å²) in [6.45, 7) is 5.08. The van der Waals surface area contributed by atoms with E-state index in [1.54, 1.807) is 6.33 Å². The Morgan fingerprint density at radius 2 is 1.93 bits per heavy atom. The van der Waals surface area contributed by atoms with Crippen molar-refractivity contribution in [2.24, 2.45) is 0 Å². The molecule has 144 valence electrons. The van der Waals surface area contributed by atoms with E-state index >= 15 is 0 Å². The molecule has 1 saturated carbocycles. The number of aromatic nitrogens is 3. The van der Waals surface area contributed by atoms with Gasteiger partial charge in [-0.3, -0.25) is 9.88 Å². The zero-order valence-electron chi connectivity index (χ0n) is 16.0. The third-order valence-electron chi connectivity index (χ3n) is 5.78. The van der Waals surface area contributed by atoms with Gasteiger partial charge in [0.2, 0.25) is 5.88 Å². The number of hydrogen-bond acceptors (Lipinski definition) is 6. The smallest absolute Gasteiger partial charge is 0.224 e. The number of nitrogens with zero attached hydrogens (tertiary/aromatic N) is 5. The first-order valence-electron chi connectivity index (χ1n) is 10.1. The van der Waals surface area contributed by atoms with Gasteiger partial charge in [0.15, 0.2) is 0 Å². The Labute approximate surface area is 165 Å². The molecule has 1 saturated heterocycles. The van der Waals surface area contributed by atoms with Crippen LogP contribution in [0, 0.1) is 0 Å². The highest BCUT2D eigenvalue weighted by molar-refractivity contribution is 5.86. The summed E-state index contributed by atoms with van der Waals surface area (Å²) >= 11 is 0. The number of hydrogen-bond donors (Lipinski definition) is 0. The molecule has 6 nitrogen and oxygen atoms in total. The van der Waals surface area contributed by atoms with E-state index in [4.69, 9.17) is 4.74 Å². The molecule has 0 radical (unpaired) electrons. The van der Waals surface area contributed by atoms with Crippen LogP contribution >= 0.6 is 0 Å². The monoisotopic (exact) mass is 375 g/mol. The van der Waals surface area contributed by atoms with E-state index in [0.717, 1.165) is 62.3 Å². The Morgan fingerprint density at radius 1 is 1.04 bits per heavy atom. The molecular formula is C22H25N5O. The van der Waals surface area contributed by atoms with Crippen molar-refractivity contribution in [3.8, 4) is 5.88 Å². The van der Waals surface area contributed by atoms with Crippen molar-refractivity contribution in [2.75, 3.05) is 31.1 Å². The largest absolute Gasteiger partial charge is 0.474 e. The summed E-state index contributed by atoms with van der Waals surface area (Å²) in [5, 5.41) is 1.02. The van der Waals surface area contributed by atoms with E-state index in [2.05, 4.69) is 49.0 Å². The maximum Gasteiger partial charge on any atom is 0.224 e. The van der Waals surface area contributed by atoms with Crippen molar-refractivity contribution in [3.05, 3.63) is 54.6 Å². The third kappa shape index (κ3) is 3.64. The molecular weight excluding hydrogens is 350 g/mol. The minimum atomic E-state index is 0.317. The van der Waals surface area contributed by atoms with Gasteiger partial charge in [-0.2, -0.15) is 0 Å². The molecule has 2 aliphatic rings. The number of anilines is 1. The summed E-state index contributed by atoms with van der Waals surface area (Å²) in [5.41, 5.74) is 3.45. The summed E-state index contributed by atoms with van der Waals surface area (Å²) in [5.74, 6) is 0.728. The highest BCUT2D eigenvalue weighted by atomic mass is 16.5. The van der Waals surface area contributed by atoms with Crippen molar-refractivity contribution >= 4 is 16.6 Å². The summed E-state index contributed by atoms with van der Waals surface area (Å²) < 4.78 is 6.11. The van der Waals surface area contributed by atoms with Crippen LogP contribution in [0.4, 0.5) is 5.69 Å². The van der Waals surface area contributed by atoms with Crippen LogP contribution in [0.1, 0.15) is 24.8 Å². The predicted octanol–water partition coefficient (Wildman–Crippen LogP) is 3.28. The van der Waals surface area contributed by atoms with Gasteiger partial charge in [-0.15, -0.1) is 0 Å². The molecule has 0 bridgehead atoms. The maximum atomic E-state index is 6.11. The first kappa shape index (κ1) is 17.4. The number of ether oxygens (including phenoxy) is 1. The lowest BCUT2D eigenvalue weighted by Crippen LogP contribution is -2.45. The molecule has 1 aromatic carbocycles. The van der Waals surface area contributed by atoms with E-state index < -0.39 is 0 Å². The molecule has 3 aromatic rings. The highest BCUT2D eigenvalue weighted by Crippen LogP contribution is 2.31. The lowest BCUT2D eigenvalue weighted by molar-refractivity contribution is 0.116. The van der Waals surface area contributed by atoms with Gasteiger partial charge in [-0.05, 0) is 49.1 Å². The Bertz CT molecular complexity index is 936. The van der Waals surface area contributed by atoms with Crippen LogP contribution in [-0.2, 0) is 6.54 Å². The molecule has 0 atom stereocenters. The average molecular weight is 375 g/mol.